The molecule has 0 atom stereocenters. The largest absolute Gasteiger partial charge is 0.454 e. The molecule has 1 aliphatic rings. The molecule has 1 saturated carbocycles. The van der Waals surface area contributed by atoms with Crippen molar-refractivity contribution in [2.45, 2.75) is 44.8 Å². The lowest BCUT2D eigenvalue weighted by molar-refractivity contribution is -0.154. The maximum atomic E-state index is 13.0. The Morgan fingerprint density at radius 3 is 2.08 bits per heavy atom. The number of ether oxygens (including phenoxy) is 1. The molecule has 12 nitrogen and oxygen atoms in total. The van der Waals surface area contributed by atoms with Crippen LogP contribution in [0.5, 0.6) is 6.01 Å². The number of alkyl halides is 3. The van der Waals surface area contributed by atoms with Crippen molar-refractivity contribution >= 4 is 52.5 Å². The van der Waals surface area contributed by atoms with Gasteiger partial charge in [-0.15, -0.1) is 0 Å². The van der Waals surface area contributed by atoms with Crippen molar-refractivity contribution in [2.24, 2.45) is 5.41 Å². The smallest absolute Gasteiger partial charge is 0.422 e. The van der Waals surface area contributed by atoms with Gasteiger partial charge in [0, 0.05) is 55.6 Å². The molecular formula is C37H40ClF3N8O4. The average Bonchev–Trinajstić information content (AvgIpc) is 3.89. The zero-order valence-electron chi connectivity index (χ0n) is 29.6. The van der Waals surface area contributed by atoms with Crippen LogP contribution in [0.4, 0.5) is 36.4 Å². The standard InChI is InChI=1S/C37H40ClF3N8O4/c1-35(2,21-43-31(52)29(50)19-23-5-15-28(16-6-23)49(3)4)20-42-30(51)24-7-13-27(14-8-24)44-32-45-33(47-34(46-32)53-22-37(39,40)41)48-36(17-18-36)25-9-11-26(38)12-10-25/h5-16H,17-22H2,1-4H3,(H,42,51)(H,43,52)(H2,44,45,46,47,48). The van der Waals surface area contributed by atoms with Crippen molar-refractivity contribution < 1.29 is 32.3 Å². The van der Waals surface area contributed by atoms with Crippen LogP contribution in [-0.2, 0) is 21.5 Å². The summed E-state index contributed by atoms with van der Waals surface area (Å²) in [6.45, 7) is 2.45. The van der Waals surface area contributed by atoms with Gasteiger partial charge in [0.05, 0.1) is 5.54 Å². The van der Waals surface area contributed by atoms with Crippen molar-refractivity contribution in [3.8, 4) is 6.01 Å². The van der Waals surface area contributed by atoms with Gasteiger partial charge in [0.15, 0.2) is 6.61 Å². The Morgan fingerprint density at radius 2 is 1.47 bits per heavy atom. The van der Waals surface area contributed by atoms with E-state index in [2.05, 4.69) is 36.2 Å². The zero-order chi connectivity index (χ0) is 38.4. The van der Waals surface area contributed by atoms with Gasteiger partial charge in [0.25, 0.3) is 11.8 Å². The minimum Gasteiger partial charge on any atom is -0.454 e. The number of nitrogens with zero attached hydrogens (tertiary/aromatic N) is 4. The molecule has 2 amide bonds. The summed E-state index contributed by atoms with van der Waals surface area (Å²) in [4.78, 5) is 52.3. The second-order valence-electron chi connectivity index (χ2n) is 13.8. The number of aromatic nitrogens is 3. The Labute approximate surface area is 309 Å². The molecule has 0 saturated heterocycles. The molecule has 1 aliphatic carbocycles. The highest BCUT2D eigenvalue weighted by atomic mass is 35.5. The fourth-order valence-corrected chi connectivity index (χ4v) is 5.31. The van der Waals surface area contributed by atoms with Crippen molar-refractivity contribution in [3.63, 3.8) is 0 Å². The number of rotatable bonds is 16. The van der Waals surface area contributed by atoms with E-state index in [1.807, 2.05) is 69.2 Å². The summed E-state index contributed by atoms with van der Waals surface area (Å²) >= 11 is 6.04. The lowest BCUT2D eigenvalue weighted by Crippen LogP contribution is -2.44. The van der Waals surface area contributed by atoms with Gasteiger partial charge in [0.2, 0.25) is 17.7 Å². The second-order valence-corrected chi connectivity index (χ2v) is 14.2. The first-order valence-electron chi connectivity index (χ1n) is 16.7. The van der Waals surface area contributed by atoms with E-state index in [0.29, 0.717) is 16.3 Å². The highest BCUT2D eigenvalue weighted by Gasteiger charge is 2.45. The number of hydrogen-bond acceptors (Lipinski definition) is 10. The maximum absolute atomic E-state index is 13.0. The number of nitrogens with one attached hydrogen (secondary N) is 4. The molecule has 0 radical (unpaired) electrons. The van der Waals surface area contributed by atoms with E-state index >= 15 is 0 Å². The summed E-state index contributed by atoms with van der Waals surface area (Å²) in [5.41, 5.74) is 2.31. The fraction of sp³-hybridized carbons (Fsp3) is 0.351. The van der Waals surface area contributed by atoms with Gasteiger partial charge >= 0.3 is 12.2 Å². The number of carbonyl (C=O) groups excluding carboxylic acids is 3. The number of amides is 2. The molecule has 1 heterocycles. The maximum Gasteiger partial charge on any atom is 0.422 e. The monoisotopic (exact) mass is 752 g/mol. The molecule has 3 aromatic carbocycles. The predicted octanol–water partition coefficient (Wildman–Crippen LogP) is 6.06. The summed E-state index contributed by atoms with van der Waals surface area (Å²) in [7, 11) is 3.83. The van der Waals surface area contributed by atoms with E-state index in [0.717, 1.165) is 29.7 Å². The van der Waals surface area contributed by atoms with Gasteiger partial charge in [-0.1, -0.05) is 49.7 Å². The molecule has 0 aliphatic heterocycles. The molecule has 0 unspecified atom stereocenters. The zero-order valence-corrected chi connectivity index (χ0v) is 30.4. The minimum absolute atomic E-state index is 0.0150. The number of anilines is 4. The van der Waals surface area contributed by atoms with Gasteiger partial charge in [-0.25, -0.2) is 0 Å². The van der Waals surface area contributed by atoms with Crippen LogP contribution >= 0.6 is 11.6 Å². The van der Waals surface area contributed by atoms with E-state index in [9.17, 15) is 27.6 Å². The van der Waals surface area contributed by atoms with Crippen LogP contribution in [0.1, 0.15) is 48.2 Å². The van der Waals surface area contributed by atoms with Crippen LogP contribution in [0.2, 0.25) is 5.02 Å². The number of carbonyl (C=O) groups is 3. The first kappa shape index (κ1) is 38.8. The Morgan fingerprint density at radius 1 is 0.849 bits per heavy atom. The van der Waals surface area contributed by atoms with Gasteiger partial charge < -0.3 is 30.9 Å². The van der Waals surface area contributed by atoms with Crippen molar-refractivity contribution in [2.75, 3.05) is 49.3 Å². The lowest BCUT2D eigenvalue weighted by Gasteiger charge is -2.25. The summed E-state index contributed by atoms with van der Waals surface area (Å²) < 4.78 is 43.7. The molecule has 16 heteroatoms. The van der Waals surface area contributed by atoms with E-state index in [1.54, 1.807) is 36.4 Å². The summed E-state index contributed by atoms with van der Waals surface area (Å²) in [6, 6.07) is 20.3. The normalized spacial score (nSPS) is 13.4. The molecule has 1 fully saturated rings. The number of Topliss-reactive ketones (excluding diaryl/α,β-unsaturated/α-hetero) is 1. The van der Waals surface area contributed by atoms with E-state index in [1.165, 1.54) is 0 Å². The second kappa shape index (κ2) is 16.1. The summed E-state index contributed by atoms with van der Waals surface area (Å²) in [5, 5.41) is 12.2. The average molecular weight is 753 g/mol. The topological polar surface area (TPSA) is 150 Å². The summed E-state index contributed by atoms with van der Waals surface area (Å²) in [5.74, 6) is -1.69. The highest BCUT2D eigenvalue weighted by Crippen LogP contribution is 2.48. The minimum atomic E-state index is -4.60. The van der Waals surface area contributed by atoms with Gasteiger partial charge in [-0.05, 0) is 77.9 Å². The molecule has 0 bridgehead atoms. The molecule has 53 heavy (non-hydrogen) atoms. The van der Waals surface area contributed by atoms with Crippen molar-refractivity contribution in [1.29, 1.82) is 0 Å². The van der Waals surface area contributed by atoms with E-state index in [-0.39, 0.29) is 37.3 Å². The van der Waals surface area contributed by atoms with Gasteiger partial charge in [-0.3, -0.25) is 14.4 Å². The Bertz CT molecular complexity index is 1920. The summed E-state index contributed by atoms with van der Waals surface area (Å²) in [6.07, 6.45) is -3.15. The third-order valence-corrected chi connectivity index (χ3v) is 8.66. The molecule has 4 N–H and O–H groups in total. The first-order valence-corrected chi connectivity index (χ1v) is 17.1. The van der Waals surface area contributed by atoms with Gasteiger partial charge in [0.1, 0.15) is 0 Å². The Hall–Kier alpha value is -5.44. The Kier molecular flexibility index (Phi) is 11.8. The van der Waals surface area contributed by atoms with Gasteiger partial charge in [-0.2, -0.15) is 28.1 Å². The third kappa shape index (κ3) is 11.3. The lowest BCUT2D eigenvalue weighted by atomic mass is 9.93. The number of ketones is 1. The molecule has 1 aromatic heterocycles. The Balaban J connectivity index is 1.16. The fourth-order valence-electron chi connectivity index (χ4n) is 5.19. The SMILES string of the molecule is CN(C)c1ccc(CC(=O)C(=O)NCC(C)(C)CNC(=O)c2ccc(Nc3nc(NC4(c5ccc(Cl)cc5)CC4)nc(OCC(F)(F)F)n3)cc2)cc1. The van der Waals surface area contributed by atoms with Crippen LogP contribution in [0.3, 0.4) is 0 Å². The third-order valence-electron chi connectivity index (χ3n) is 8.41. The highest BCUT2D eigenvalue weighted by molar-refractivity contribution is 6.36. The van der Waals surface area contributed by atoms with Crippen LogP contribution < -0.4 is 30.9 Å². The number of benzene rings is 3. The molecular weight excluding hydrogens is 713 g/mol. The van der Waals surface area contributed by atoms with E-state index in [4.69, 9.17) is 16.3 Å². The number of halogens is 4. The van der Waals surface area contributed by atoms with Crippen molar-refractivity contribution in [1.82, 2.24) is 25.6 Å². The van der Waals surface area contributed by atoms with Crippen LogP contribution in [0, 0.1) is 5.41 Å². The van der Waals surface area contributed by atoms with E-state index < -0.39 is 41.4 Å². The molecule has 5 rings (SSSR count). The van der Waals surface area contributed by atoms with Crippen LogP contribution in [0.25, 0.3) is 0 Å². The van der Waals surface area contributed by atoms with Crippen molar-refractivity contribution in [3.05, 3.63) is 94.5 Å². The first-order chi connectivity index (χ1) is 25.0. The predicted molar refractivity (Wildman–Crippen MR) is 196 cm³/mol. The van der Waals surface area contributed by atoms with Crippen LogP contribution in [0.15, 0.2) is 72.8 Å². The molecule has 0 spiro atoms. The van der Waals surface area contributed by atoms with Crippen LogP contribution in [-0.4, -0.2) is 72.5 Å². The number of hydrogen-bond donors (Lipinski definition) is 4. The quantitative estimate of drug-likeness (QED) is 0.0995. The molecule has 4 aromatic rings. The molecule has 280 valence electrons.